The Bertz CT molecular complexity index is 553. The SMILES string of the molecule is NNc1ccc(OCCNCC(O)COc2ccccc2)nn1. The number of ether oxygens (including phenoxy) is 2. The lowest BCUT2D eigenvalue weighted by molar-refractivity contribution is 0.105. The molecule has 5 N–H and O–H groups in total. The summed E-state index contributed by atoms with van der Waals surface area (Å²) in [6.45, 7) is 1.63. The summed E-state index contributed by atoms with van der Waals surface area (Å²) in [6, 6.07) is 12.7. The predicted molar refractivity (Wildman–Crippen MR) is 86.2 cm³/mol. The Morgan fingerprint density at radius 2 is 1.91 bits per heavy atom. The van der Waals surface area contributed by atoms with Crippen molar-refractivity contribution in [2.24, 2.45) is 5.84 Å². The van der Waals surface area contributed by atoms with Crippen LogP contribution in [0.5, 0.6) is 11.6 Å². The van der Waals surface area contributed by atoms with Crippen molar-refractivity contribution in [2.75, 3.05) is 31.7 Å². The molecule has 0 fully saturated rings. The molecule has 0 radical (unpaired) electrons. The van der Waals surface area contributed by atoms with Gasteiger partial charge in [-0.2, -0.15) is 0 Å². The Morgan fingerprint density at radius 3 is 2.61 bits per heavy atom. The summed E-state index contributed by atoms with van der Waals surface area (Å²) in [5, 5.41) is 20.5. The second-order valence-corrected chi connectivity index (χ2v) is 4.73. The van der Waals surface area contributed by atoms with Crippen LogP contribution in [0.25, 0.3) is 0 Å². The lowest BCUT2D eigenvalue weighted by Gasteiger charge is -2.13. The average Bonchev–Trinajstić information content (AvgIpc) is 2.61. The van der Waals surface area contributed by atoms with Crippen molar-refractivity contribution in [2.45, 2.75) is 6.10 Å². The number of nitrogens with two attached hydrogens (primary N) is 1. The molecule has 1 atom stereocenters. The maximum absolute atomic E-state index is 9.82. The fourth-order valence-corrected chi connectivity index (χ4v) is 1.74. The minimum Gasteiger partial charge on any atom is -0.491 e. The molecule has 124 valence electrons. The van der Waals surface area contributed by atoms with E-state index in [9.17, 15) is 5.11 Å². The van der Waals surface area contributed by atoms with Crippen molar-refractivity contribution >= 4 is 5.82 Å². The minimum atomic E-state index is -0.593. The molecular formula is C15H21N5O3. The molecule has 0 saturated carbocycles. The van der Waals surface area contributed by atoms with Gasteiger partial charge in [-0.25, -0.2) is 5.84 Å². The molecule has 2 aromatic rings. The molecular weight excluding hydrogens is 298 g/mol. The Balaban J connectivity index is 1.54. The maximum Gasteiger partial charge on any atom is 0.233 e. The highest BCUT2D eigenvalue weighted by molar-refractivity contribution is 5.32. The van der Waals surface area contributed by atoms with Crippen molar-refractivity contribution < 1.29 is 14.6 Å². The fourth-order valence-electron chi connectivity index (χ4n) is 1.74. The summed E-state index contributed by atoms with van der Waals surface area (Å²) < 4.78 is 10.9. The Labute approximate surface area is 134 Å². The number of nitrogens with zero attached hydrogens (tertiary/aromatic N) is 2. The summed E-state index contributed by atoms with van der Waals surface area (Å²) in [5.41, 5.74) is 2.39. The molecule has 0 aliphatic carbocycles. The second-order valence-electron chi connectivity index (χ2n) is 4.73. The summed E-state index contributed by atoms with van der Waals surface area (Å²) >= 11 is 0. The number of nitrogen functional groups attached to an aromatic ring is 1. The van der Waals surface area contributed by atoms with Crippen LogP contribution in [-0.4, -0.2) is 47.7 Å². The van der Waals surface area contributed by atoms with Crippen LogP contribution in [0.15, 0.2) is 42.5 Å². The maximum atomic E-state index is 9.82. The lowest BCUT2D eigenvalue weighted by Crippen LogP contribution is -2.33. The topological polar surface area (TPSA) is 115 Å². The minimum absolute atomic E-state index is 0.233. The van der Waals surface area contributed by atoms with Crippen molar-refractivity contribution in [3.8, 4) is 11.6 Å². The molecule has 1 aromatic heterocycles. The van der Waals surface area contributed by atoms with E-state index in [2.05, 4.69) is 20.9 Å². The van der Waals surface area contributed by atoms with Crippen LogP contribution in [0.3, 0.4) is 0 Å². The van der Waals surface area contributed by atoms with Gasteiger partial charge in [-0.05, 0) is 18.2 Å². The summed E-state index contributed by atoms with van der Waals surface area (Å²) in [5.74, 6) is 6.82. The summed E-state index contributed by atoms with van der Waals surface area (Å²) in [7, 11) is 0. The molecule has 1 aromatic carbocycles. The van der Waals surface area contributed by atoms with Gasteiger partial charge >= 0.3 is 0 Å². The third kappa shape index (κ3) is 6.47. The molecule has 8 heteroatoms. The first-order chi connectivity index (χ1) is 11.3. The Hall–Kier alpha value is -2.42. The van der Waals surface area contributed by atoms with E-state index in [4.69, 9.17) is 15.3 Å². The van der Waals surface area contributed by atoms with Crippen LogP contribution in [-0.2, 0) is 0 Å². The summed E-state index contributed by atoms with van der Waals surface area (Å²) in [4.78, 5) is 0. The molecule has 0 bridgehead atoms. The van der Waals surface area contributed by atoms with Gasteiger partial charge in [0.1, 0.15) is 25.1 Å². The number of hydrogen-bond acceptors (Lipinski definition) is 8. The number of aliphatic hydroxyl groups is 1. The highest BCUT2D eigenvalue weighted by atomic mass is 16.5. The number of benzene rings is 1. The molecule has 23 heavy (non-hydrogen) atoms. The van der Waals surface area contributed by atoms with Gasteiger partial charge < -0.3 is 25.3 Å². The van der Waals surface area contributed by atoms with Crippen LogP contribution in [0, 0.1) is 0 Å². The smallest absolute Gasteiger partial charge is 0.233 e. The third-order valence-electron chi connectivity index (χ3n) is 2.88. The monoisotopic (exact) mass is 319 g/mol. The lowest BCUT2D eigenvalue weighted by atomic mass is 10.3. The van der Waals surface area contributed by atoms with Crippen molar-refractivity contribution in [1.82, 2.24) is 15.5 Å². The third-order valence-corrected chi connectivity index (χ3v) is 2.88. The molecule has 0 spiro atoms. The van der Waals surface area contributed by atoms with Crippen LogP contribution < -0.4 is 26.1 Å². The van der Waals surface area contributed by atoms with Gasteiger partial charge in [0.2, 0.25) is 5.88 Å². The largest absolute Gasteiger partial charge is 0.491 e. The molecule has 0 saturated heterocycles. The fraction of sp³-hybridized carbons (Fsp3) is 0.333. The number of aromatic nitrogens is 2. The van der Waals surface area contributed by atoms with E-state index < -0.39 is 6.10 Å². The van der Waals surface area contributed by atoms with E-state index in [-0.39, 0.29) is 6.61 Å². The zero-order chi connectivity index (χ0) is 16.3. The summed E-state index contributed by atoms with van der Waals surface area (Å²) in [6.07, 6.45) is -0.593. The van der Waals surface area contributed by atoms with Gasteiger partial charge in [-0.1, -0.05) is 18.2 Å². The van der Waals surface area contributed by atoms with E-state index in [1.54, 1.807) is 12.1 Å². The number of rotatable bonds is 10. The predicted octanol–water partition coefficient (Wildman–Crippen LogP) is 0.171. The molecule has 0 aliphatic rings. The number of para-hydroxylation sites is 1. The van der Waals surface area contributed by atoms with Gasteiger partial charge in [0.25, 0.3) is 0 Å². The number of hydrogen-bond donors (Lipinski definition) is 4. The first-order valence-electron chi connectivity index (χ1n) is 7.27. The van der Waals surface area contributed by atoms with Crippen molar-refractivity contribution in [3.63, 3.8) is 0 Å². The Kier molecular flexibility index (Phi) is 7.05. The zero-order valence-electron chi connectivity index (χ0n) is 12.7. The van der Waals surface area contributed by atoms with Gasteiger partial charge in [-0.15, -0.1) is 10.2 Å². The van der Waals surface area contributed by atoms with E-state index in [1.165, 1.54) is 0 Å². The quantitative estimate of drug-likeness (QED) is 0.278. The van der Waals surface area contributed by atoms with Gasteiger partial charge in [0.15, 0.2) is 5.82 Å². The molecule has 0 aliphatic heterocycles. The highest BCUT2D eigenvalue weighted by Gasteiger charge is 2.05. The number of nitrogens with one attached hydrogen (secondary N) is 2. The van der Waals surface area contributed by atoms with Gasteiger partial charge in [-0.3, -0.25) is 0 Å². The average molecular weight is 319 g/mol. The molecule has 1 unspecified atom stereocenters. The number of anilines is 1. The van der Waals surface area contributed by atoms with Crippen LogP contribution >= 0.6 is 0 Å². The van der Waals surface area contributed by atoms with E-state index >= 15 is 0 Å². The van der Waals surface area contributed by atoms with Crippen LogP contribution in [0.2, 0.25) is 0 Å². The molecule has 0 amide bonds. The van der Waals surface area contributed by atoms with E-state index in [0.29, 0.717) is 31.4 Å². The van der Waals surface area contributed by atoms with Crippen molar-refractivity contribution in [1.29, 1.82) is 0 Å². The highest BCUT2D eigenvalue weighted by Crippen LogP contribution is 2.08. The standard InChI is InChI=1S/C15H21N5O3/c16-18-14-6-7-15(20-19-14)22-9-8-17-10-12(21)11-23-13-4-2-1-3-5-13/h1-7,12,17,21H,8-11,16H2,(H,18,19). The molecule has 8 nitrogen and oxygen atoms in total. The first-order valence-corrected chi connectivity index (χ1v) is 7.27. The van der Waals surface area contributed by atoms with E-state index in [1.807, 2.05) is 30.3 Å². The zero-order valence-corrected chi connectivity index (χ0v) is 12.7. The second kappa shape index (κ2) is 9.57. The van der Waals surface area contributed by atoms with Gasteiger partial charge in [0, 0.05) is 19.2 Å². The van der Waals surface area contributed by atoms with Gasteiger partial charge in [0.05, 0.1) is 0 Å². The molecule has 1 heterocycles. The Morgan fingerprint density at radius 1 is 1.09 bits per heavy atom. The van der Waals surface area contributed by atoms with Crippen LogP contribution in [0.1, 0.15) is 0 Å². The van der Waals surface area contributed by atoms with Crippen LogP contribution in [0.4, 0.5) is 5.82 Å². The van der Waals surface area contributed by atoms with E-state index in [0.717, 1.165) is 5.75 Å². The normalized spacial score (nSPS) is 11.7. The van der Waals surface area contributed by atoms with Crippen molar-refractivity contribution in [3.05, 3.63) is 42.5 Å². The number of aliphatic hydroxyl groups excluding tert-OH is 1. The molecule has 2 rings (SSSR count). The first kappa shape index (κ1) is 16.9. The number of hydrazine groups is 1.